The number of hydrogen-bond acceptors (Lipinski definition) is 5. The average molecular weight is 397 g/mol. The maximum absolute atomic E-state index is 12.5. The van der Waals surface area contributed by atoms with Crippen LogP contribution >= 0.6 is 0 Å². The second kappa shape index (κ2) is 7.34. The molecule has 0 radical (unpaired) electrons. The topological polar surface area (TPSA) is 87.1 Å². The zero-order chi connectivity index (χ0) is 20.8. The van der Waals surface area contributed by atoms with E-state index in [0.29, 0.717) is 24.1 Å². The summed E-state index contributed by atoms with van der Waals surface area (Å²) in [6.45, 7) is 2.83. The Labute approximate surface area is 170 Å². The molecule has 1 aromatic carbocycles. The number of ether oxygens (including phenoxy) is 1. The van der Waals surface area contributed by atoms with E-state index < -0.39 is 5.97 Å². The first-order chi connectivity index (χ1) is 13.9. The molecule has 0 aromatic heterocycles. The van der Waals surface area contributed by atoms with Gasteiger partial charge < -0.3 is 19.8 Å². The van der Waals surface area contributed by atoms with Crippen LogP contribution < -0.4 is 4.74 Å². The summed E-state index contributed by atoms with van der Waals surface area (Å²) >= 11 is 0. The molecule has 2 fully saturated rings. The molecule has 6 nitrogen and oxygen atoms in total. The smallest absolute Gasteiger partial charge is 0.328 e. The first kappa shape index (κ1) is 19.7. The fourth-order valence-corrected chi connectivity index (χ4v) is 5.77. The number of carbonyl (C=O) groups is 2. The number of aromatic hydroxyl groups is 1. The molecular formula is C23H27NO5. The number of phenolic OH excluding ortho intramolecular Hbond substituents is 1. The number of allylic oxidation sites excluding steroid dienone is 3. The van der Waals surface area contributed by atoms with Crippen molar-refractivity contribution in [1.29, 1.82) is 0 Å². The van der Waals surface area contributed by atoms with Gasteiger partial charge in [-0.3, -0.25) is 4.79 Å². The maximum Gasteiger partial charge on any atom is 0.328 e. The van der Waals surface area contributed by atoms with Crippen LogP contribution in [-0.2, 0) is 21.4 Å². The van der Waals surface area contributed by atoms with E-state index in [2.05, 4.69) is 11.9 Å². The van der Waals surface area contributed by atoms with Gasteiger partial charge in [-0.25, -0.2) is 4.79 Å². The van der Waals surface area contributed by atoms with Crippen molar-refractivity contribution >= 4 is 11.8 Å². The van der Waals surface area contributed by atoms with Crippen LogP contribution in [0.2, 0.25) is 0 Å². The second-order valence-corrected chi connectivity index (χ2v) is 8.32. The Morgan fingerprint density at radius 2 is 2.14 bits per heavy atom. The number of likely N-dealkylation sites (N-methyl/N-ethyl adjacent to an activating group) is 1. The number of likely N-dealkylation sites (tertiary alicyclic amines) is 1. The molecule has 1 saturated heterocycles. The summed E-state index contributed by atoms with van der Waals surface area (Å²) in [5.74, 6) is 0.581. The van der Waals surface area contributed by atoms with E-state index in [9.17, 15) is 14.7 Å². The van der Waals surface area contributed by atoms with Gasteiger partial charge in [-0.05, 0) is 57.3 Å². The molecule has 6 heteroatoms. The Balaban J connectivity index is 0.000000221. The van der Waals surface area contributed by atoms with E-state index in [1.165, 1.54) is 11.6 Å². The molecule has 1 saturated carbocycles. The molecule has 4 atom stereocenters. The van der Waals surface area contributed by atoms with Crippen LogP contribution in [0.4, 0.5) is 0 Å². The minimum absolute atomic E-state index is 0.172. The van der Waals surface area contributed by atoms with E-state index >= 15 is 0 Å². The van der Waals surface area contributed by atoms with Crippen LogP contribution in [0.15, 0.2) is 36.4 Å². The lowest BCUT2D eigenvalue weighted by Crippen LogP contribution is -2.65. The van der Waals surface area contributed by atoms with Crippen LogP contribution in [0.5, 0.6) is 11.5 Å². The van der Waals surface area contributed by atoms with Crippen LogP contribution in [0, 0.1) is 5.92 Å². The van der Waals surface area contributed by atoms with Crippen molar-refractivity contribution in [3.8, 4) is 11.5 Å². The largest absolute Gasteiger partial charge is 0.504 e. The van der Waals surface area contributed by atoms with E-state index in [1.807, 2.05) is 13.0 Å². The van der Waals surface area contributed by atoms with Gasteiger partial charge in [0.2, 0.25) is 0 Å². The standard InChI is InChI=1S/C17H19NO3.C6H8O2/c1-18-7-6-17-10-3-5-13(20)16(17)21-15-12(19)4-2-9(14(15)17)8-11(10)18;1-2-3-4-5-6(7)8/h2,4,10-11,16,19H,3,5-8H2,1H3;2-5H,1H3,(H,7,8)/b;3-2+,5-4+/t10-,11+,16-,17-;/m0./s1. The van der Waals surface area contributed by atoms with Gasteiger partial charge in [0.1, 0.15) is 0 Å². The number of rotatable bonds is 2. The van der Waals surface area contributed by atoms with Crippen LogP contribution in [0.1, 0.15) is 37.3 Å². The third kappa shape index (κ3) is 2.97. The van der Waals surface area contributed by atoms with Crippen molar-refractivity contribution in [2.75, 3.05) is 13.6 Å². The molecular weight excluding hydrogens is 370 g/mol. The zero-order valence-electron chi connectivity index (χ0n) is 16.8. The number of piperidine rings is 1. The average Bonchev–Trinajstić information content (AvgIpc) is 3.04. The lowest BCUT2D eigenvalue weighted by molar-refractivity contribution is -0.138. The van der Waals surface area contributed by atoms with Gasteiger partial charge in [0.05, 0.1) is 0 Å². The Morgan fingerprint density at radius 3 is 2.86 bits per heavy atom. The molecule has 2 aliphatic carbocycles. The summed E-state index contributed by atoms with van der Waals surface area (Å²) < 4.78 is 6.04. The quantitative estimate of drug-likeness (QED) is 0.589. The van der Waals surface area contributed by atoms with Gasteiger partial charge in [-0.2, -0.15) is 0 Å². The Morgan fingerprint density at radius 1 is 1.34 bits per heavy atom. The molecule has 1 spiro atoms. The summed E-state index contributed by atoms with van der Waals surface area (Å²) in [6, 6.07) is 4.26. The Hall–Kier alpha value is -2.60. The van der Waals surface area contributed by atoms with E-state index in [0.717, 1.165) is 37.4 Å². The number of benzene rings is 1. The Bertz CT molecular complexity index is 905. The molecule has 29 heavy (non-hydrogen) atoms. The molecule has 4 aliphatic rings. The first-order valence-electron chi connectivity index (χ1n) is 10.2. The van der Waals surface area contributed by atoms with Crippen molar-refractivity contribution < 1.29 is 24.5 Å². The highest BCUT2D eigenvalue weighted by atomic mass is 16.5. The molecule has 154 valence electrons. The molecule has 0 amide bonds. The number of aliphatic carboxylic acids is 1. The second-order valence-electron chi connectivity index (χ2n) is 8.32. The van der Waals surface area contributed by atoms with E-state index in [4.69, 9.17) is 9.84 Å². The van der Waals surface area contributed by atoms with Gasteiger partial charge in [0.25, 0.3) is 0 Å². The summed E-state index contributed by atoms with van der Waals surface area (Å²) in [5.41, 5.74) is 2.26. The highest BCUT2D eigenvalue weighted by Gasteiger charge is 2.65. The van der Waals surface area contributed by atoms with Gasteiger partial charge in [0.15, 0.2) is 23.4 Å². The lowest BCUT2D eigenvalue weighted by Gasteiger charge is -2.57. The normalized spacial score (nSPS) is 31.9. The molecule has 2 bridgehead atoms. The molecule has 2 N–H and O–H groups in total. The third-order valence-electron chi connectivity index (χ3n) is 6.93. The fourth-order valence-electron chi connectivity index (χ4n) is 5.77. The highest BCUT2D eigenvalue weighted by Crippen LogP contribution is 2.62. The van der Waals surface area contributed by atoms with Crippen LogP contribution in [0.3, 0.4) is 0 Å². The van der Waals surface area contributed by atoms with E-state index in [-0.39, 0.29) is 23.1 Å². The monoisotopic (exact) mass is 397 g/mol. The number of carboxylic acids is 1. The number of Topliss-reactive ketones (excluding diaryl/α,β-unsaturated/α-hetero) is 1. The number of nitrogens with zero attached hydrogens (tertiary/aromatic N) is 1. The number of carbonyl (C=O) groups excluding carboxylic acids is 1. The molecule has 2 heterocycles. The summed E-state index contributed by atoms with van der Waals surface area (Å²) in [6.07, 6.45) is 9.17. The number of hydrogen-bond donors (Lipinski definition) is 2. The molecule has 2 aliphatic heterocycles. The van der Waals surface area contributed by atoms with Crippen molar-refractivity contribution in [3.63, 3.8) is 0 Å². The van der Waals surface area contributed by atoms with Gasteiger partial charge in [0, 0.05) is 29.5 Å². The van der Waals surface area contributed by atoms with Crippen molar-refractivity contribution in [1.82, 2.24) is 4.90 Å². The predicted octanol–water partition coefficient (Wildman–Crippen LogP) is 2.83. The molecule has 0 unspecified atom stereocenters. The van der Waals surface area contributed by atoms with Crippen LogP contribution in [-0.4, -0.2) is 52.6 Å². The third-order valence-corrected chi connectivity index (χ3v) is 6.93. The zero-order valence-corrected chi connectivity index (χ0v) is 16.8. The summed E-state index contributed by atoms with van der Waals surface area (Å²) in [7, 11) is 2.20. The van der Waals surface area contributed by atoms with Gasteiger partial charge in [-0.1, -0.05) is 24.3 Å². The van der Waals surface area contributed by atoms with Crippen LogP contribution in [0.25, 0.3) is 0 Å². The number of phenols is 1. The van der Waals surface area contributed by atoms with Crippen molar-refractivity contribution in [2.45, 2.75) is 50.2 Å². The maximum atomic E-state index is 12.5. The lowest BCUT2D eigenvalue weighted by atomic mass is 9.52. The van der Waals surface area contributed by atoms with Gasteiger partial charge in [-0.15, -0.1) is 0 Å². The molecule has 1 aromatic rings. The minimum Gasteiger partial charge on any atom is -0.504 e. The van der Waals surface area contributed by atoms with E-state index in [1.54, 1.807) is 18.2 Å². The van der Waals surface area contributed by atoms with Gasteiger partial charge >= 0.3 is 5.97 Å². The predicted molar refractivity (Wildman–Crippen MR) is 108 cm³/mol. The van der Waals surface area contributed by atoms with Crippen molar-refractivity contribution in [3.05, 3.63) is 47.6 Å². The highest BCUT2D eigenvalue weighted by molar-refractivity contribution is 5.89. The summed E-state index contributed by atoms with van der Waals surface area (Å²) in [5, 5.41) is 18.2. The Kier molecular flexibility index (Phi) is 4.99. The minimum atomic E-state index is -0.914. The SMILES string of the molecule is C/C=C/C=C/C(=O)O.CN1CC[C@]23c4c5ccc(O)c4O[C@H]2C(=O)CC[C@H]3[C@H]1C5. The fraction of sp³-hybridized carbons (Fsp3) is 0.478. The first-order valence-corrected chi connectivity index (χ1v) is 10.2. The number of ketones is 1. The summed E-state index contributed by atoms with van der Waals surface area (Å²) in [4.78, 5) is 24.7. The number of carboxylic acid groups (broad SMARTS) is 1. The van der Waals surface area contributed by atoms with Crippen molar-refractivity contribution in [2.24, 2.45) is 5.92 Å². The molecule has 5 rings (SSSR count).